The van der Waals surface area contributed by atoms with E-state index in [1.807, 2.05) is 0 Å². The minimum atomic E-state index is -0.123. The number of hydrogen-bond acceptors (Lipinski definition) is 1. The van der Waals surface area contributed by atoms with E-state index in [0.29, 0.717) is 0 Å². The van der Waals surface area contributed by atoms with E-state index in [-0.39, 0.29) is 11.1 Å². The molecule has 64 valence electrons. The number of nitrogens with one attached hydrogen (secondary N) is 1. The maximum Gasteiger partial charge on any atom is 0.0756 e. The molecular weight excluding hydrogens is 202 g/mol. The third-order valence-corrected chi connectivity index (χ3v) is 1.25. The predicted molar refractivity (Wildman–Crippen MR) is 53.7 cm³/mol. The fourth-order valence-electron chi connectivity index (χ4n) is 1.09. The van der Waals surface area contributed by atoms with Crippen molar-refractivity contribution in [1.82, 2.24) is 5.32 Å². The molecule has 0 saturated carbocycles. The largest absolute Gasteiger partial charge is 0.297 e. The van der Waals surface area contributed by atoms with Crippen molar-refractivity contribution >= 4 is 15.9 Å². The molecule has 0 aliphatic heterocycles. The summed E-state index contributed by atoms with van der Waals surface area (Å²) in [6.45, 7) is 10.5. The molecule has 0 heterocycles. The standard InChI is InChI=1S/C9H16BrN/c1-8(2,3)11-9(4,5)6-7-10/h11H,1-5H3. The number of hydrogen-bond donors (Lipinski definition) is 1. The molecule has 0 rings (SSSR count). The Balaban J connectivity index is 4.21. The zero-order valence-corrected chi connectivity index (χ0v) is 9.46. The summed E-state index contributed by atoms with van der Waals surface area (Å²) in [5.74, 6) is 3.03. The maximum atomic E-state index is 3.39. The second-order valence-corrected chi connectivity index (χ2v) is 4.62. The summed E-state index contributed by atoms with van der Waals surface area (Å²) in [4.78, 5) is 2.73. The highest BCUT2D eigenvalue weighted by Crippen LogP contribution is 2.09. The second kappa shape index (κ2) is 3.60. The quantitative estimate of drug-likeness (QED) is 0.667. The van der Waals surface area contributed by atoms with Crippen molar-refractivity contribution in [2.75, 3.05) is 0 Å². The molecule has 0 aromatic carbocycles. The van der Waals surface area contributed by atoms with Gasteiger partial charge in [-0.2, -0.15) is 0 Å². The van der Waals surface area contributed by atoms with E-state index >= 15 is 0 Å². The Hall–Kier alpha value is 0. The van der Waals surface area contributed by atoms with Gasteiger partial charge >= 0.3 is 0 Å². The van der Waals surface area contributed by atoms with Crippen LogP contribution >= 0.6 is 15.9 Å². The van der Waals surface area contributed by atoms with Crippen LogP contribution in [-0.2, 0) is 0 Å². The SMILES string of the molecule is CC(C)(C)NC(C)(C)C#CBr. The third kappa shape index (κ3) is 6.40. The van der Waals surface area contributed by atoms with E-state index in [4.69, 9.17) is 0 Å². The Bertz CT molecular complexity index is 178. The van der Waals surface area contributed by atoms with Crippen LogP contribution in [0, 0.1) is 10.8 Å². The molecule has 0 radical (unpaired) electrons. The van der Waals surface area contributed by atoms with Crippen LogP contribution in [0.15, 0.2) is 0 Å². The van der Waals surface area contributed by atoms with Gasteiger partial charge < -0.3 is 0 Å². The average Bonchev–Trinajstić information content (AvgIpc) is 1.55. The molecule has 0 saturated heterocycles. The van der Waals surface area contributed by atoms with E-state index < -0.39 is 0 Å². The van der Waals surface area contributed by atoms with Crippen molar-refractivity contribution < 1.29 is 0 Å². The Kier molecular flexibility index (Phi) is 3.60. The monoisotopic (exact) mass is 217 g/mol. The van der Waals surface area contributed by atoms with Crippen LogP contribution in [0.1, 0.15) is 34.6 Å². The molecule has 1 nitrogen and oxygen atoms in total. The van der Waals surface area contributed by atoms with Crippen LogP contribution in [0.5, 0.6) is 0 Å². The summed E-state index contributed by atoms with van der Waals surface area (Å²) < 4.78 is 0. The van der Waals surface area contributed by atoms with Gasteiger partial charge in [0.15, 0.2) is 0 Å². The van der Waals surface area contributed by atoms with Gasteiger partial charge in [-0.05, 0) is 39.4 Å². The molecule has 11 heavy (non-hydrogen) atoms. The first kappa shape index (κ1) is 11.0. The molecule has 0 unspecified atom stereocenters. The molecule has 2 heteroatoms. The van der Waals surface area contributed by atoms with Gasteiger partial charge in [0.25, 0.3) is 0 Å². The minimum Gasteiger partial charge on any atom is -0.297 e. The first-order valence-corrected chi connectivity index (χ1v) is 4.48. The molecule has 0 spiro atoms. The van der Waals surface area contributed by atoms with Gasteiger partial charge in [-0.3, -0.25) is 5.32 Å². The average molecular weight is 218 g/mol. The lowest BCUT2D eigenvalue weighted by Gasteiger charge is -2.30. The van der Waals surface area contributed by atoms with Gasteiger partial charge in [0.2, 0.25) is 0 Å². The highest BCUT2D eigenvalue weighted by molar-refractivity contribution is 9.12. The number of halogens is 1. The van der Waals surface area contributed by atoms with Gasteiger partial charge in [0, 0.05) is 21.5 Å². The van der Waals surface area contributed by atoms with Gasteiger partial charge in [0.05, 0.1) is 5.54 Å². The van der Waals surface area contributed by atoms with Crippen LogP contribution in [0.4, 0.5) is 0 Å². The smallest absolute Gasteiger partial charge is 0.0756 e. The third-order valence-electron chi connectivity index (χ3n) is 1.05. The summed E-state index contributed by atoms with van der Waals surface area (Å²) in [6.07, 6.45) is 0. The van der Waals surface area contributed by atoms with Crippen LogP contribution < -0.4 is 5.32 Å². The molecule has 0 fully saturated rings. The van der Waals surface area contributed by atoms with Gasteiger partial charge in [-0.15, -0.1) is 0 Å². The molecular formula is C9H16BrN. The first-order chi connectivity index (χ1) is 4.77. The van der Waals surface area contributed by atoms with E-state index in [0.717, 1.165) is 0 Å². The van der Waals surface area contributed by atoms with Crippen molar-refractivity contribution in [3.8, 4) is 10.8 Å². The lowest BCUT2D eigenvalue weighted by atomic mass is 10.00. The van der Waals surface area contributed by atoms with Crippen molar-refractivity contribution in [1.29, 1.82) is 0 Å². The highest BCUT2D eigenvalue weighted by atomic mass is 79.9. The predicted octanol–water partition coefficient (Wildman–Crippen LogP) is 2.51. The molecule has 0 aliphatic carbocycles. The topological polar surface area (TPSA) is 12.0 Å². The maximum absolute atomic E-state index is 3.39. The lowest BCUT2D eigenvalue weighted by Crippen LogP contribution is -2.49. The molecule has 1 N–H and O–H groups in total. The van der Waals surface area contributed by atoms with Gasteiger partial charge in [-0.1, -0.05) is 5.92 Å². The number of rotatable bonds is 1. The Morgan fingerprint density at radius 2 is 1.55 bits per heavy atom. The first-order valence-electron chi connectivity index (χ1n) is 3.69. The van der Waals surface area contributed by atoms with Crippen molar-refractivity contribution in [3.05, 3.63) is 0 Å². The van der Waals surface area contributed by atoms with Crippen molar-refractivity contribution in [2.45, 2.75) is 45.7 Å². The summed E-state index contributed by atoms with van der Waals surface area (Å²) in [5.41, 5.74) is -0.0118. The van der Waals surface area contributed by atoms with E-state index in [9.17, 15) is 0 Å². The minimum absolute atomic E-state index is 0.111. The van der Waals surface area contributed by atoms with E-state index in [1.54, 1.807) is 0 Å². The van der Waals surface area contributed by atoms with E-state index in [2.05, 4.69) is 66.6 Å². The Labute approximate surface area is 78.1 Å². The molecule has 0 bridgehead atoms. The summed E-state index contributed by atoms with van der Waals surface area (Å²) in [5, 5.41) is 3.39. The molecule has 0 amide bonds. The van der Waals surface area contributed by atoms with Crippen LogP contribution in [0.25, 0.3) is 0 Å². The van der Waals surface area contributed by atoms with Crippen molar-refractivity contribution in [2.24, 2.45) is 0 Å². The molecule has 0 aromatic heterocycles. The lowest BCUT2D eigenvalue weighted by molar-refractivity contribution is 0.338. The van der Waals surface area contributed by atoms with Crippen LogP contribution in [0.3, 0.4) is 0 Å². The summed E-state index contributed by atoms with van der Waals surface area (Å²) >= 11 is 3.09. The summed E-state index contributed by atoms with van der Waals surface area (Å²) in [6, 6.07) is 0. The Morgan fingerprint density at radius 3 is 1.82 bits per heavy atom. The Morgan fingerprint density at radius 1 is 1.09 bits per heavy atom. The van der Waals surface area contributed by atoms with Crippen molar-refractivity contribution in [3.63, 3.8) is 0 Å². The zero-order chi connectivity index (χ0) is 9.12. The zero-order valence-electron chi connectivity index (χ0n) is 7.88. The fourth-order valence-corrected chi connectivity index (χ4v) is 1.58. The highest BCUT2D eigenvalue weighted by Gasteiger charge is 2.21. The molecule has 0 aromatic rings. The van der Waals surface area contributed by atoms with Crippen LogP contribution in [0.2, 0.25) is 0 Å². The van der Waals surface area contributed by atoms with Gasteiger partial charge in [-0.25, -0.2) is 0 Å². The molecule has 0 atom stereocenters. The second-order valence-electron chi connectivity index (χ2n) is 4.22. The summed E-state index contributed by atoms with van der Waals surface area (Å²) in [7, 11) is 0. The van der Waals surface area contributed by atoms with Gasteiger partial charge in [0.1, 0.15) is 0 Å². The van der Waals surface area contributed by atoms with Crippen LogP contribution in [-0.4, -0.2) is 11.1 Å². The van der Waals surface area contributed by atoms with E-state index in [1.165, 1.54) is 0 Å². The normalized spacial score (nSPS) is 12.2. The molecule has 0 aliphatic rings. The fraction of sp³-hybridized carbons (Fsp3) is 0.778.